The van der Waals surface area contributed by atoms with Gasteiger partial charge in [0.2, 0.25) is 5.91 Å². The maximum Gasteiger partial charge on any atom is 0.335 e. The number of amides is 1. The molecule has 65 heavy (non-hydrogen) atoms. The van der Waals surface area contributed by atoms with Crippen molar-refractivity contribution >= 4 is 30.1 Å². The van der Waals surface area contributed by atoms with Crippen LogP contribution in [-0.4, -0.2) is 161 Å². The van der Waals surface area contributed by atoms with Gasteiger partial charge in [-0.1, -0.05) is 97.1 Å². The Morgan fingerprint density at radius 3 is 1.52 bits per heavy atom. The molecule has 1 amide bonds. The fourth-order valence-corrected chi connectivity index (χ4v) is 5.81. The van der Waals surface area contributed by atoms with E-state index >= 15 is 0 Å². The van der Waals surface area contributed by atoms with Gasteiger partial charge in [-0.15, -0.1) is 0 Å². The molecule has 2 fully saturated rings. The van der Waals surface area contributed by atoms with Gasteiger partial charge in [-0.25, -0.2) is 4.79 Å². The smallest absolute Gasteiger partial charge is 0.335 e. The van der Waals surface area contributed by atoms with E-state index in [0.717, 1.165) is 11.1 Å². The van der Waals surface area contributed by atoms with Crippen LogP contribution >= 0.6 is 0 Å². The number of aliphatic hydroxyl groups is 9. The quantitative estimate of drug-likeness (QED) is 0.0488. The van der Waals surface area contributed by atoms with E-state index in [4.69, 9.17) is 45.2 Å². The van der Waals surface area contributed by atoms with Crippen LogP contribution in [0.4, 0.5) is 0 Å². The number of aliphatic carboxylic acids is 1. The van der Waals surface area contributed by atoms with Gasteiger partial charge in [0.05, 0.1) is 37.6 Å². The minimum Gasteiger partial charge on any atom is -0.545 e. The van der Waals surface area contributed by atoms with Crippen LogP contribution in [-0.2, 0) is 36.6 Å². The van der Waals surface area contributed by atoms with Gasteiger partial charge >= 0.3 is 11.9 Å². The monoisotopic (exact) mass is 912 g/mol. The van der Waals surface area contributed by atoms with Crippen LogP contribution < -0.4 is 10.4 Å². The summed E-state index contributed by atoms with van der Waals surface area (Å²) in [6.07, 6.45) is -15.1. The average molecular weight is 913 g/mol. The number of carboxylic acid groups (broad SMARTS) is 3. The van der Waals surface area contributed by atoms with Crippen molar-refractivity contribution in [1.82, 2.24) is 5.32 Å². The van der Waals surface area contributed by atoms with Gasteiger partial charge < -0.3 is 85.6 Å². The average Bonchev–Trinajstić information content (AvgIpc) is 3.30. The Balaban J connectivity index is 0.000000275. The molecule has 0 radical (unpaired) electrons. The largest absolute Gasteiger partial charge is 0.545 e. The second-order valence-electron chi connectivity index (χ2n) is 14.2. The summed E-state index contributed by atoms with van der Waals surface area (Å²) in [7, 11) is 0. The van der Waals surface area contributed by atoms with Crippen molar-refractivity contribution < 1.29 is 99.5 Å². The first-order chi connectivity index (χ1) is 30.9. The van der Waals surface area contributed by atoms with E-state index in [9.17, 15) is 49.5 Å². The lowest BCUT2D eigenvalue weighted by atomic mass is 9.99. The van der Waals surface area contributed by atoms with Gasteiger partial charge in [-0.2, -0.15) is 0 Å². The molecule has 0 bridgehead atoms. The number of aldehydes is 1. The zero-order valence-corrected chi connectivity index (χ0v) is 34.2. The van der Waals surface area contributed by atoms with Gasteiger partial charge in [-0.3, -0.25) is 14.4 Å². The van der Waals surface area contributed by atoms with Crippen molar-refractivity contribution in [2.24, 2.45) is 0 Å². The van der Waals surface area contributed by atoms with Crippen molar-refractivity contribution in [3.05, 3.63) is 143 Å². The highest BCUT2D eigenvalue weighted by atomic mass is 16.7. The number of aromatic carboxylic acids is 2. The van der Waals surface area contributed by atoms with Crippen molar-refractivity contribution in [3.63, 3.8) is 0 Å². The van der Waals surface area contributed by atoms with Crippen LogP contribution in [0.2, 0.25) is 0 Å². The highest BCUT2D eigenvalue weighted by Gasteiger charge is 2.44. The number of hydrogen-bond acceptors (Lipinski definition) is 18. The summed E-state index contributed by atoms with van der Waals surface area (Å²) in [5, 5.41) is 114. The Labute approximate surface area is 370 Å². The third kappa shape index (κ3) is 17.1. The Bertz CT molecular complexity index is 2070. The Morgan fingerprint density at radius 2 is 1.08 bits per heavy atom. The van der Waals surface area contributed by atoms with Crippen molar-refractivity contribution in [3.8, 4) is 0 Å². The molecule has 11 atom stereocenters. The number of benzene rings is 4. The first-order valence-corrected chi connectivity index (χ1v) is 19.5. The first-order valence-electron chi connectivity index (χ1n) is 19.5. The second kappa shape index (κ2) is 26.7. The number of hydrogen-bond donors (Lipinski definition) is 12. The molecule has 4 aromatic carbocycles. The molecule has 2 aliphatic rings. The molecule has 21 nitrogen and oxygen atoms in total. The van der Waals surface area contributed by atoms with E-state index in [0.29, 0.717) is 17.4 Å². The summed E-state index contributed by atoms with van der Waals surface area (Å²) in [5.74, 6) is -3.51. The Morgan fingerprint density at radius 1 is 0.615 bits per heavy atom. The Kier molecular flexibility index (Phi) is 21.9. The number of aliphatic hydroxyl groups excluding tert-OH is 9. The normalized spacial score (nSPS) is 25.0. The van der Waals surface area contributed by atoms with Gasteiger partial charge in [0.25, 0.3) is 0 Å². The second-order valence-corrected chi connectivity index (χ2v) is 14.2. The molecule has 0 aromatic heterocycles. The van der Waals surface area contributed by atoms with Crippen LogP contribution in [0.1, 0.15) is 54.0 Å². The predicted molar refractivity (Wildman–Crippen MR) is 219 cm³/mol. The molecule has 2 saturated heterocycles. The molecule has 11 unspecified atom stereocenters. The number of ether oxygens (including phenoxy) is 3. The predicted octanol–water partition coefficient (Wildman–Crippen LogP) is -2.49. The number of carboxylic acids is 3. The fraction of sp³-hybridized carbons (Fsp3) is 0.341. The van der Waals surface area contributed by atoms with Gasteiger partial charge in [0.15, 0.2) is 18.8 Å². The van der Waals surface area contributed by atoms with Crippen molar-refractivity contribution in [2.75, 3.05) is 13.2 Å². The molecule has 2 aliphatic heterocycles. The third-order valence-electron chi connectivity index (χ3n) is 9.42. The number of carbonyl (C=O) groups excluding carboxylic acids is 3. The van der Waals surface area contributed by atoms with E-state index in [1.165, 1.54) is 48.5 Å². The van der Waals surface area contributed by atoms with Crippen molar-refractivity contribution in [1.29, 1.82) is 0 Å². The van der Waals surface area contributed by atoms with Gasteiger partial charge in [-0.05, 0) is 28.8 Å². The highest BCUT2D eigenvalue weighted by Crippen LogP contribution is 2.23. The van der Waals surface area contributed by atoms with Gasteiger partial charge in [0.1, 0.15) is 55.1 Å². The lowest BCUT2D eigenvalue weighted by molar-refractivity contribution is -0.290. The lowest BCUT2D eigenvalue weighted by Gasteiger charge is -2.38. The molecule has 352 valence electrons. The zero-order chi connectivity index (χ0) is 48.2. The molecule has 0 spiro atoms. The van der Waals surface area contributed by atoms with Crippen LogP contribution in [0, 0.1) is 0 Å². The molecule has 6 rings (SSSR count). The maximum atomic E-state index is 12.5. The van der Waals surface area contributed by atoms with Crippen LogP contribution in [0.25, 0.3) is 0 Å². The van der Waals surface area contributed by atoms with E-state index in [1.807, 2.05) is 24.3 Å². The number of rotatable bonds is 13. The molecule has 2 heterocycles. The zero-order valence-electron chi connectivity index (χ0n) is 34.2. The molecule has 0 saturated carbocycles. The maximum absolute atomic E-state index is 12.5. The van der Waals surface area contributed by atoms with Crippen LogP contribution in [0.15, 0.2) is 109 Å². The van der Waals surface area contributed by atoms with E-state index in [1.54, 1.807) is 36.4 Å². The van der Waals surface area contributed by atoms with Crippen molar-refractivity contribution in [2.45, 2.75) is 80.5 Å². The number of nitrogens with one attached hydrogen (secondary N) is 1. The summed E-state index contributed by atoms with van der Waals surface area (Å²) < 4.78 is 15.4. The minimum absolute atomic E-state index is 0.0595. The summed E-state index contributed by atoms with van der Waals surface area (Å²) in [6, 6.07) is 29.3. The van der Waals surface area contributed by atoms with Gasteiger partial charge in [0, 0.05) is 11.1 Å². The topological polar surface area (TPSA) is 371 Å². The summed E-state index contributed by atoms with van der Waals surface area (Å²) in [4.78, 5) is 54.2. The van der Waals surface area contributed by atoms with Crippen LogP contribution in [0.5, 0.6) is 0 Å². The summed E-state index contributed by atoms with van der Waals surface area (Å²) in [5.41, 5.74) is 2.63. The van der Waals surface area contributed by atoms with E-state index < -0.39 is 92.2 Å². The summed E-state index contributed by atoms with van der Waals surface area (Å²) >= 11 is 0. The SMILES string of the molecule is O=C(Cc1ccccc1)NC(OCC1OC(O)C(O)C(O)C1O)c1ccc(C(=O)[O-])cc1.O=C(O)Cc1ccccc1.O=Cc1ccc(C(=O)O)cc1.OCC1OC(O)C(O)C(O)C1O. The molecule has 21 heteroatoms. The van der Waals surface area contributed by atoms with E-state index in [-0.39, 0.29) is 36.5 Å². The Hall–Kier alpha value is -6.05. The molecular weight excluding hydrogens is 862 g/mol. The summed E-state index contributed by atoms with van der Waals surface area (Å²) in [6.45, 7) is -0.886. The first kappa shape index (κ1) is 53.3. The third-order valence-corrected chi connectivity index (χ3v) is 9.42. The molecule has 12 N–H and O–H groups in total. The molecule has 0 aliphatic carbocycles. The highest BCUT2D eigenvalue weighted by molar-refractivity contribution is 5.88. The van der Waals surface area contributed by atoms with E-state index in [2.05, 4.69) is 10.1 Å². The fourth-order valence-electron chi connectivity index (χ4n) is 5.81. The van der Waals surface area contributed by atoms with Crippen LogP contribution in [0.3, 0.4) is 0 Å². The standard InChI is InChI=1S/C22H25NO9.C8H6O3.C8H8O2.C6H12O6/c24-16(10-12-4-2-1-3-5-12)23-20(13-6-8-14(9-7-13)21(28)29)31-11-15-17(25)18(26)19(27)22(30)32-15;9-5-6-1-3-7(4-2-6)8(10)11;9-8(10)6-7-4-2-1-3-5-7;7-1-2-3(8)4(9)5(10)6(11)12-2/h1-9,15,17-20,22,25-27,30H,10-11H2,(H,23,24)(H,28,29);1-5H,(H,10,11);1-5H,6H2,(H,9,10);2-11H,1H2/p-1. The minimum atomic E-state index is -1.73. The molecular formula is C44H50NO20-. The number of carbonyl (C=O) groups is 5. The lowest BCUT2D eigenvalue weighted by Crippen LogP contribution is -2.58. The molecule has 4 aromatic rings.